The number of ketones is 1. The fourth-order valence-corrected chi connectivity index (χ4v) is 2.43. The molecule has 1 aliphatic carbocycles. The van der Waals surface area contributed by atoms with Gasteiger partial charge in [0.25, 0.3) is 0 Å². The first-order chi connectivity index (χ1) is 7.68. The third-order valence-electron chi connectivity index (χ3n) is 3.18. The number of hydrogen-bond acceptors (Lipinski definition) is 1. The second-order valence-corrected chi connectivity index (χ2v) is 4.74. The SMILES string of the molecule is O=C(c1ccc(F)c(Cl)c1)C1CCCCC1. The van der Waals surface area contributed by atoms with Crippen molar-refractivity contribution in [3.05, 3.63) is 34.6 Å². The van der Waals surface area contributed by atoms with Crippen LogP contribution in [-0.4, -0.2) is 5.78 Å². The number of carbonyl (C=O) groups is 1. The lowest BCUT2D eigenvalue weighted by Gasteiger charge is -2.20. The van der Waals surface area contributed by atoms with Gasteiger partial charge in [0, 0.05) is 11.5 Å². The quantitative estimate of drug-likeness (QED) is 0.707. The largest absolute Gasteiger partial charge is 0.294 e. The van der Waals surface area contributed by atoms with Crippen molar-refractivity contribution in [1.82, 2.24) is 0 Å². The summed E-state index contributed by atoms with van der Waals surface area (Å²) in [6.07, 6.45) is 5.35. The molecular formula is C13H14ClFO. The van der Waals surface area contributed by atoms with E-state index >= 15 is 0 Å². The van der Waals surface area contributed by atoms with Crippen LogP contribution in [0.4, 0.5) is 4.39 Å². The molecular weight excluding hydrogens is 227 g/mol. The van der Waals surface area contributed by atoms with Gasteiger partial charge >= 0.3 is 0 Å². The molecule has 0 saturated heterocycles. The Balaban J connectivity index is 2.16. The van der Waals surface area contributed by atoms with E-state index in [4.69, 9.17) is 11.6 Å². The summed E-state index contributed by atoms with van der Waals surface area (Å²) in [5, 5.41) is 0.0293. The number of Topliss-reactive ketones (excluding diaryl/α,β-unsaturated/α-hetero) is 1. The summed E-state index contributed by atoms with van der Waals surface area (Å²) in [5.74, 6) is -0.251. The van der Waals surface area contributed by atoms with Crippen molar-refractivity contribution >= 4 is 17.4 Å². The van der Waals surface area contributed by atoms with Crippen molar-refractivity contribution in [2.75, 3.05) is 0 Å². The third-order valence-corrected chi connectivity index (χ3v) is 3.47. The summed E-state index contributed by atoms with van der Waals surface area (Å²) in [6.45, 7) is 0. The van der Waals surface area contributed by atoms with Crippen LogP contribution in [0.1, 0.15) is 42.5 Å². The number of carbonyl (C=O) groups excluding carboxylic acids is 1. The molecule has 0 amide bonds. The molecule has 0 heterocycles. The number of halogens is 2. The summed E-state index contributed by atoms with van der Waals surface area (Å²) < 4.78 is 13.0. The van der Waals surface area contributed by atoms with E-state index in [9.17, 15) is 9.18 Å². The van der Waals surface area contributed by atoms with E-state index in [1.165, 1.54) is 24.6 Å². The molecule has 3 heteroatoms. The molecule has 0 aromatic heterocycles. The Morgan fingerprint density at radius 1 is 1.25 bits per heavy atom. The van der Waals surface area contributed by atoms with Crippen LogP contribution in [0, 0.1) is 11.7 Å². The van der Waals surface area contributed by atoms with Crippen molar-refractivity contribution in [3.8, 4) is 0 Å². The molecule has 0 radical (unpaired) electrons. The van der Waals surface area contributed by atoms with E-state index in [0.717, 1.165) is 25.7 Å². The van der Waals surface area contributed by atoms with Gasteiger partial charge in [-0.3, -0.25) is 4.79 Å². The average molecular weight is 241 g/mol. The zero-order chi connectivity index (χ0) is 11.5. The number of rotatable bonds is 2. The van der Waals surface area contributed by atoms with Crippen LogP contribution >= 0.6 is 11.6 Å². The molecule has 1 nitrogen and oxygen atoms in total. The molecule has 0 spiro atoms. The Hall–Kier alpha value is -0.890. The van der Waals surface area contributed by atoms with Crippen LogP contribution < -0.4 is 0 Å². The molecule has 1 aromatic carbocycles. The molecule has 0 N–H and O–H groups in total. The highest BCUT2D eigenvalue weighted by molar-refractivity contribution is 6.31. The van der Waals surface area contributed by atoms with Crippen LogP contribution in [0.3, 0.4) is 0 Å². The van der Waals surface area contributed by atoms with Crippen molar-refractivity contribution in [2.24, 2.45) is 5.92 Å². The molecule has 1 aliphatic rings. The minimum Gasteiger partial charge on any atom is -0.294 e. The van der Waals surface area contributed by atoms with Gasteiger partial charge in [0.15, 0.2) is 5.78 Å². The van der Waals surface area contributed by atoms with Crippen LogP contribution in [0.15, 0.2) is 18.2 Å². The summed E-state index contributed by atoms with van der Waals surface area (Å²) in [5.41, 5.74) is 0.540. The van der Waals surface area contributed by atoms with Crippen LogP contribution in [0.5, 0.6) is 0 Å². The predicted octanol–water partition coefficient (Wildman–Crippen LogP) is 4.24. The van der Waals surface area contributed by atoms with Crippen molar-refractivity contribution in [1.29, 1.82) is 0 Å². The lowest BCUT2D eigenvalue weighted by molar-refractivity contribution is 0.0889. The van der Waals surface area contributed by atoms with Gasteiger partial charge in [-0.15, -0.1) is 0 Å². The molecule has 1 aromatic rings. The van der Waals surface area contributed by atoms with Gasteiger partial charge in [-0.1, -0.05) is 30.9 Å². The van der Waals surface area contributed by atoms with E-state index in [2.05, 4.69) is 0 Å². The van der Waals surface area contributed by atoms with Gasteiger partial charge in [0.2, 0.25) is 0 Å². The Morgan fingerprint density at radius 3 is 2.56 bits per heavy atom. The molecule has 86 valence electrons. The molecule has 16 heavy (non-hydrogen) atoms. The third kappa shape index (κ3) is 2.43. The standard InChI is InChI=1S/C13H14ClFO/c14-11-8-10(6-7-12(11)15)13(16)9-4-2-1-3-5-9/h6-9H,1-5H2. The van der Waals surface area contributed by atoms with Crippen molar-refractivity contribution < 1.29 is 9.18 Å². The second-order valence-electron chi connectivity index (χ2n) is 4.33. The molecule has 1 fully saturated rings. The smallest absolute Gasteiger partial charge is 0.165 e. The van der Waals surface area contributed by atoms with Gasteiger partial charge in [-0.05, 0) is 31.0 Å². The molecule has 1 saturated carbocycles. The lowest BCUT2D eigenvalue weighted by Crippen LogP contribution is -2.17. The van der Waals surface area contributed by atoms with E-state index in [1.807, 2.05) is 0 Å². The van der Waals surface area contributed by atoms with Gasteiger partial charge < -0.3 is 0 Å². The monoisotopic (exact) mass is 240 g/mol. The van der Waals surface area contributed by atoms with E-state index < -0.39 is 5.82 Å². The summed E-state index contributed by atoms with van der Waals surface area (Å²) in [6, 6.07) is 4.23. The maximum Gasteiger partial charge on any atom is 0.165 e. The Kier molecular flexibility index (Phi) is 3.59. The molecule has 0 bridgehead atoms. The van der Waals surface area contributed by atoms with Gasteiger partial charge in [0.05, 0.1) is 5.02 Å². The van der Waals surface area contributed by atoms with E-state index in [-0.39, 0.29) is 16.7 Å². The van der Waals surface area contributed by atoms with Crippen LogP contribution in [-0.2, 0) is 0 Å². The van der Waals surface area contributed by atoms with Crippen LogP contribution in [0.2, 0.25) is 5.02 Å². The topological polar surface area (TPSA) is 17.1 Å². The summed E-state index contributed by atoms with van der Waals surface area (Å²) in [7, 11) is 0. The maximum atomic E-state index is 13.0. The molecule has 0 unspecified atom stereocenters. The van der Waals surface area contributed by atoms with Crippen molar-refractivity contribution in [2.45, 2.75) is 32.1 Å². The Bertz CT molecular complexity index is 397. The highest BCUT2D eigenvalue weighted by Gasteiger charge is 2.22. The Labute approximate surface area is 99.6 Å². The van der Waals surface area contributed by atoms with Gasteiger partial charge in [-0.2, -0.15) is 0 Å². The zero-order valence-corrected chi connectivity index (χ0v) is 9.77. The first-order valence-corrected chi connectivity index (χ1v) is 6.05. The summed E-state index contributed by atoms with van der Waals surface area (Å²) >= 11 is 5.67. The molecule has 0 atom stereocenters. The number of benzene rings is 1. The zero-order valence-electron chi connectivity index (χ0n) is 9.01. The van der Waals surface area contributed by atoms with E-state index in [0.29, 0.717) is 5.56 Å². The lowest BCUT2D eigenvalue weighted by atomic mass is 9.84. The fourth-order valence-electron chi connectivity index (χ4n) is 2.25. The fraction of sp³-hybridized carbons (Fsp3) is 0.462. The van der Waals surface area contributed by atoms with Crippen molar-refractivity contribution in [3.63, 3.8) is 0 Å². The van der Waals surface area contributed by atoms with Gasteiger partial charge in [-0.25, -0.2) is 4.39 Å². The minimum absolute atomic E-state index is 0.0293. The highest BCUT2D eigenvalue weighted by atomic mass is 35.5. The molecule has 0 aliphatic heterocycles. The second kappa shape index (κ2) is 4.96. The highest BCUT2D eigenvalue weighted by Crippen LogP contribution is 2.28. The first-order valence-electron chi connectivity index (χ1n) is 5.68. The number of hydrogen-bond donors (Lipinski definition) is 0. The minimum atomic E-state index is -0.470. The normalized spacial score (nSPS) is 17.4. The van der Waals surface area contributed by atoms with Gasteiger partial charge in [0.1, 0.15) is 5.82 Å². The predicted molar refractivity (Wildman–Crippen MR) is 62.3 cm³/mol. The molecule has 2 rings (SSSR count). The first kappa shape index (κ1) is 11.6. The summed E-state index contributed by atoms with van der Waals surface area (Å²) in [4.78, 5) is 12.1. The van der Waals surface area contributed by atoms with Crippen LogP contribution in [0.25, 0.3) is 0 Å². The average Bonchev–Trinajstić information content (AvgIpc) is 2.33. The maximum absolute atomic E-state index is 13.0. The Morgan fingerprint density at radius 2 is 1.94 bits per heavy atom. The van der Waals surface area contributed by atoms with E-state index in [1.54, 1.807) is 0 Å².